The largest absolute Gasteiger partial charge is 0.454 e. The van der Waals surface area contributed by atoms with Crippen molar-refractivity contribution in [2.24, 2.45) is 0 Å². The van der Waals surface area contributed by atoms with Gasteiger partial charge in [-0.05, 0) is 30.3 Å². The summed E-state index contributed by atoms with van der Waals surface area (Å²) in [6.45, 7) is 1.07. The SMILES string of the molecule is O=C(c1ccc2c(c1)OCO2)N1CCN(C(=O)c2c(F)cccc2F)CC1. The van der Waals surface area contributed by atoms with Crippen LogP contribution in [0.3, 0.4) is 0 Å². The lowest BCUT2D eigenvalue weighted by Crippen LogP contribution is -2.50. The van der Waals surface area contributed by atoms with Crippen LogP contribution >= 0.6 is 0 Å². The van der Waals surface area contributed by atoms with E-state index in [1.165, 1.54) is 11.0 Å². The predicted octanol–water partition coefficient (Wildman–Crippen LogP) is 2.29. The second-order valence-electron chi connectivity index (χ2n) is 6.25. The van der Waals surface area contributed by atoms with Crippen LogP contribution in [0.4, 0.5) is 8.78 Å². The number of fused-ring (bicyclic) bond motifs is 1. The van der Waals surface area contributed by atoms with Crippen LogP contribution in [0, 0.1) is 11.6 Å². The van der Waals surface area contributed by atoms with E-state index in [0.29, 0.717) is 17.1 Å². The Morgan fingerprint density at radius 1 is 0.815 bits per heavy atom. The van der Waals surface area contributed by atoms with Gasteiger partial charge < -0.3 is 19.3 Å². The fourth-order valence-corrected chi connectivity index (χ4v) is 3.19. The minimum absolute atomic E-state index is 0.125. The van der Waals surface area contributed by atoms with E-state index >= 15 is 0 Å². The number of amides is 2. The van der Waals surface area contributed by atoms with Gasteiger partial charge in [-0.2, -0.15) is 0 Å². The maximum Gasteiger partial charge on any atom is 0.259 e. The maximum atomic E-state index is 13.8. The van der Waals surface area contributed by atoms with E-state index in [9.17, 15) is 18.4 Å². The van der Waals surface area contributed by atoms with Crippen LogP contribution in [0.15, 0.2) is 36.4 Å². The zero-order chi connectivity index (χ0) is 19.0. The first-order valence-electron chi connectivity index (χ1n) is 8.47. The number of halogens is 2. The topological polar surface area (TPSA) is 59.1 Å². The van der Waals surface area contributed by atoms with Crippen molar-refractivity contribution in [3.05, 3.63) is 59.2 Å². The summed E-state index contributed by atoms with van der Waals surface area (Å²) in [6.07, 6.45) is 0. The van der Waals surface area contributed by atoms with E-state index < -0.39 is 23.1 Å². The second-order valence-corrected chi connectivity index (χ2v) is 6.25. The third-order valence-electron chi connectivity index (χ3n) is 4.65. The Morgan fingerprint density at radius 3 is 2.07 bits per heavy atom. The van der Waals surface area contributed by atoms with Gasteiger partial charge in [-0.15, -0.1) is 0 Å². The number of nitrogens with zero attached hydrogens (tertiary/aromatic N) is 2. The van der Waals surface area contributed by atoms with Crippen LogP contribution in [0.1, 0.15) is 20.7 Å². The van der Waals surface area contributed by atoms with Gasteiger partial charge in [-0.3, -0.25) is 9.59 Å². The van der Waals surface area contributed by atoms with Crippen molar-refractivity contribution in [2.75, 3.05) is 33.0 Å². The average molecular weight is 374 g/mol. The van der Waals surface area contributed by atoms with Crippen molar-refractivity contribution in [3.8, 4) is 11.5 Å². The minimum Gasteiger partial charge on any atom is -0.454 e. The lowest BCUT2D eigenvalue weighted by Gasteiger charge is -2.35. The molecule has 0 radical (unpaired) electrons. The van der Waals surface area contributed by atoms with Crippen molar-refractivity contribution in [3.63, 3.8) is 0 Å². The number of rotatable bonds is 2. The third kappa shape index (κ3) is 3.18. The fourth-order valence-electron chi connectivity index (χ4n) is 3.19. The van der Waals surface area contributed by atoms with Gasteiger partial charge in [-0.1, -0.05) is 6.07 Å². The molecule has 2 aromatic rings. The third-order valence-corrected chi connectivity index (χ3v) is 4.65. The molecule has 27 heavy (non-hydrogen) atoms. The molecule has 2 aliphatic rings. The first-order chi connectivity index (χ1) is 13.0. The van der Waals surface area contributed by atoms with Gasteiger partial charge in [0.15, 0.2) is 11.5 Å². The molecule has 140 valence electrons. The van der Waals surface area contributed by atoms with E-state index in [-0.39, 0.29) is 38.9 Å². The summed E-state index contributed by atoms with van der Waals surface area (Å²) in [4.78, 5) is 28.0. The van der Waals surface area contributed by atoms with Gasteiger partial charge >= 0.3 is 0 Å². The number of carbonyl (C=O) groups is 2. The molecule has 0 bridgehead atoms. The van der Waals surface area contributed by atoms with Crippen LogP contribution in [0.5, 0.6) is 11.5 Å². The summed E-state index contributed by atoms with van der Waals surface area (Å²) < 4.78 is 38.1. The molecule has 8 heteroatoms. The number of ether oxygens (including phenoxy) is 2. The Balaban J connectivity index is 1.43. The zero-order valence-electron chi connectivity index (χ0n) is 14.3. The minimum atomic E-state index is -0.890. The monoisotopic (exact) mass is 374 g/mol. The molecular weight excluding hydrogens is 358 g/mol. The second kappa shape index (κ2) is 6.86. The Kier molecular flexibility index (Phi) is 4.39. The summed E-state index contributed by atoms with van der Waals surface area (Å²) in [7, 11) is 0. The standard InChI is InChI=1S/C19H16F2N2O4/c20-13-2-1-3-14(21)17(13)19(25)23-8-6-22(7-9-23)18(24)12-4-5-15-16(10-12)27-11-26-15/h1-5,10H,6-9,11H2. The number of piperazine rings is 1. The fraction of sp³-hybridized carbons (Fsp3) is 0.263. The summed E-state index contributed by atoms with van der Waals surface area (Å²) in [5, 5.41) is 0. The average Bonchev–Trinajstić information content (AvgIpc) is 3.15. The molecule has 1 fully saturated rings. The molecule has 2 amide bonds. The van der Waals surface area contributed by atoms with Gasteiger partial charge in [-0.25, -0.2) is 8.78 Å². The van der Waals surface area contributed by atoms with E-state index in [1.54, 1.807) is 23.1 Å². The first kappa shape index (κ1) is 17.3. The highest BCUT2D eigenvalue weighted by Crippen LogP contribution is 2.32. The molecule has 6 nitrogen and oxygen atoms in total. The number of hydrogen-bond acceptors (Lipinski definition) is 4. The maximum absolute atomic E-state index is 13.8. The van der Waals surface area contributed by atoms with E-state index in [0.717, 1.165) is 12.1 Å². The molecule has 4 rings (SSSR count). The summed E-state index contributed by atoms with van der Waals surface area (Å²) in [5.74, 6) is -1.57. The molecule has 0 unspecified atom stereocenters. The van der Waals surface area contributed by atoms with Gasteiger partial charge in [0.1, 0.15) is 17.2 Å². The van der Waals surface area contributed by atoms with Gasteiger partial charge in [0.25, 0.3) is 11.8 Å². The Bertz CT molecular complexity index is 890. The highest BCUT2D eigenvalue weighted by Gasteiger charge is 2.29. The van der Waals surface area contributed by atoms with Gasteiger partial charge in [0.05, 0.1) is 0 Å². The summed E-state index contributed by atoms with van der Waals surface area (Å²) >= 11 is 0. The molecule has 2 aromatic carbocycles. The quantitative estimate of drug-likeness (QED) is 0.809. The number of benzene rings is 2. The van der Waals surface area contributed by atoms with E-state index in [1.807, 2.05) is 0 Å². The predicted molar refractivity (Wildman–Crippen MR) is 90.7 cm³/mol. The van der Waals surface area contributed by atoms with Crippen molar-refractivity contribution >= 4 is 11.8 Å². The molecule has 0 saturated carbocycles. The number of hydrogen-bond donors (Lipinski definition) is 0. The van der Waals surface area contributed by atoms with Crippen molar-refractivity contribution in [1.82, 2.24) is 9.80 Å². The zero-order valence-corrected chi connectivity index (χ0v) is 14.3. The molecule has 2 heterocycles. The molecular formula is C19H16F2N2O4. The summed E-state index contributed by atoms with van der Waals surface area (Å²) in [6, 6.07) is 8.27. The van der Waals surface area contributed by atoms with Crippen molar-refractivity contribution in [2.45, 2.75) is 0 Å². The van der Waals surface area contributed by atoms with Crippen LogP contribution in [0.25, 0.3) is 0 Å². The normalized spacial score (nSPS) is 15.8. The number of carbonyl (C=O) groups excluding carboxylic acids is 2. The van der Waals surface area contributed by atoms with Crippen LogP contribution < -0.4 is 9.47 Å². The Morgan fingerprint density at radius 2 is 1.41 bits per heavy atom. The Hall–Kier alpha value is -3.16. The Labute approximate surface area is 153 Å². The molecule has 1 saturated heterocycles. The molecule has 0 spiro atoms. The highest BCUT2D eigenvalue weighted by molar-refractivity contribution is 5.96. The first-order valence-corrected chi connectivity index (χ1v) is 8.47. The van der Waals surface area contributed by atoms with Crippen molar-refractivity contribution < 1.29 is 27.8 Å². The van der Waals surface area contributed by atoms with Crippen molar-refractivity contribution in [1.29, 1.82) is 0 Å². The van der Waals surface area contributed by atoms with Crippen LogP contribution in [-0.2, 0) is 0 Å². The molecule has 0 N–H and O–H groups in total. The van der Waals surface area contributed by atoms with Crippen LogP contribution in [0.2, 0.25) is 0 Å². The summed E-state index contributed by atoms with van der Waals surface area (Å²) in [5.41, 5.74) is -0.104. The van der Waals surface area contributed by atoms with Gasteiger partial charge in [0.2, 0.25) is 6.79 Å². The highest BCUT2D eigenvalue weighted by atomic mass is 19.1. The van der Waals surface area contributed by atoms with E-state index in [4.69, 9.17) is 9.47 Å². The van der Waals surface area contributed by atoms with E-state index in [2.05, 4.69) is 0 Å². The molecule has 0 aromatic heterocycles. The lowest BCUT2D eigenvalue weighted by atomic mass is 10.1. The van der Waals surface area contributed by atoms with Gasteiger partial charge in [0, 0.05) is 31.7 Å². The molecule has 0 atom stereocenters. The molecule has 0 aliphatic carbocycles. The molecule has 2 aliphatic heterocycles. The lowest BCUT2D eigenvalue weighted by molar-refractivity contribution is 0.0529. The smallest absolute Gasteiger partial charge is 0.259 e. The van der Waals surface area contributed by atoms with Crippen LogP contribution in [-0.4, -0.2) is 54.6 Å².